The molecule has 0 unspecified atom stereocenters. The van der Waals surface area contributed by atoms with Crippen LogP contribution in [0.15, 0.2) is 36.4 Å². The Bertz CT molecular complexity index is 533. The number of hydrogen-bond donors (Lipinski definition) is 2. The number of nitrogens with one attached hydrogen (secondary N) is 1. The summed E-state index contributed by atoms with van der Waals surface area (Å²) in [6, 6.07) is 12.4. The second-order valence-corrected chi connectivity index (χ2v) is 4.59. The minimum atomic E-state index is 0.753. The summed E-state index contributed by atoms with van der Waals surface area (Å²) in [4.78, 5) is 6.51. The van der Waals surface area contributed by atoms with E-state index in [0.717, 1.165) is 11.1 Å². The quantitative estimate of drug-likeness (QED) is 0.764. The van der Waals surface area contributed by atoms with Crippen molar-refractivity contribution in [2.24, 2.45) is 5.90 Å². The van der Waals surface area contributed by atoms with Crippen molar-refractivity contribution in [3.8, 4) is 5.75 Å². The van der Waals surface area contributed by atoms with E-state index in [9.17, 15) is 0 Å². The Balaban J connectivity index is 2.19. The van der Waals surface area contributed by atoms with Crippen molar-refractivity contribution in [1.82, 2.24) is 0 Å². The number of rotatable bonds is 2. The monoisotopic (exact) mass is 229 g/mol. The van der Waals surface area contributed by atoms with E-state index in [1.807, 2.05) is 12.1 Å². The summed E-state index contributed by atoms with van der Waals surface area (Å²) in [6.45, 7) is 2.46. The summed E-state index contributed by atoms with van der Waals surface area (Å²) in [5.41, 5.74) is 1.37. The molecule has 3 heteroatoms. The van der Waals surface area contributed by atoms with Gasteiger partial charge in [0.1, 0.15) is 5.69 Å². The molecule has 0 bridgehead atoms. The van der Waals surface area contributed by atoms with E-state index in [2.05, 4.69) is 24.3 Å². The van der Waals surface area contributed by atoms with Gasteiger partial charge >= 0.3 is 0 Å². The van der Waals surface area contributed by atoms with Gasteiger partial charge in [-0.15, -0.1) is 0 Å². The molecule has 3 rings (SSSR count). The number of benzene rings is 2. The second kappa shape index (κ2) is 4.35. The predicted molar refractivity (Wildman–Crippen MR) is 68.4 cm³/mol. The standard InChI is InChI=1S/C14H16N2O/c15-17-14-8-7-13(16-9-3-4-10-16)11-5-1-2-6-12(11)14/h1-2,5-8H,3-4,9-10,15H2/p+1. The largest absolute Gasteiger partial charge is 0.411 e. The van der Waals surface area contributed by atoms with Crippen LogP contribution in [-0.2, 0) is 0 Å². The smallest absolute Gasteiger partial charge is 0.155 e. The third-order valence-electron chi connectivity index (χ3n) is 3.60. The van der Waals surface area contributed by atoms with Crippen LogP contribution in [0, 0.1) is 0 Å². The summed E-state index contributed by atoms with van der Waals surface area (Å²) in [5.74, 6) is 6.07. The Kier molecular flexibility index (Phi) is 2.71. The molecule has 0 radical (unpaired) electrons. The van der Waals surface area contributed by atoms with Crippen LogP contribution >= 0.6 is 0 Å². The molecule has 1 aliphatic rings. The number of hydrogen-bond acceptors (Lipinski definition) is 2. The summed E-state index contributed by atoms with van der Waals surface area (Å²) in [7, 11) is 0. The van der Waals surface area contributed by atoms with E-state index in [1.165, 1.54) is 37.0 Å². The third kappa shape index (κ3) is 1.77. The molecule has 17 heavy (non-hydrogen) atoms. The number of quaternary nitrogens is 1. The Morgan fingerprint density at radius 2 is 1.65 bits per heavy atom. The van der Waals surface area contributed by atoms with Crippen molar-refractivity contribution < 1.29 is 9.74 Å². The second-order valence-electron chi connectivity index (χ2n) is 4.59. The van der Waals surface area contributed by atoms with Crippen LogP contribution in [0.1, 0.15) is 12.8 Å². The average Bonchev–Trinajstić information content (AvgIpc) is 2.91. The van der Waals surface area contributed by atoms with Gasteiger partial charge in [-0.2, -0.15) is 5.90 Å². The van der Waals surface area contributed by atoms with Gasteiger partial charge in [-0.25, -0.2) is 0 Å². The van der Waals surface area contributed by atoms with Gasteiger partial charge in [-0.05, 0) is 12.1 Å². The lowest BCUT2D eigenvalue weighted by Crippen LogP contribution is -3.05. The van der Waals surface area contributed by atoms with Gasteiger partial charge in [-0.3, -0.25) is 0 Å². The van der Waals surface area contributed by atoms with Gasteiger partial charge in [0, 0.05) is 29.7 Å². The fraction of sp³-hybridized carbons (Fsp3) is 0.286. The SMILES string of the molecule is NOc1ccc([NH+]2CCCC2)c2ccccc12. The van der Waals surface area contributed by atoms with E-state index < -0.39 is 0 Å². The average molecular weight is 229 g/mol. The Hall–Kier alpha value is -1.58. The fourth-order valence-corrected chi connectivity index (χ4v) is 2.75. The highest BCUT2D eigenvalue weighted by Crippen LogP contribution is 2.29. The lowest BCUT2D eigenvalue weighted by Gasteiger charge is -2.15. The summed E-state index contributed by atoms with van der Waals surface area (Å²) in [6.07, 6.45) is 2.64. The Morgan fingerprint density at radius 3 is 2.35 bits per heavy atom. The summed E-state index contributed by atoms with van der Waals surface area (Å²) in [5, 5.41) is 2.36. The molecule has 3 N–H and O–H groups in total. The molecule has 88 valence electrons. The molecule has 0 saturated carbocycles. The first kappa shape index (κ1) is 10.6. The molecule has 3 nitrogen and oxygen atoms in total. The molecule has 1 aliphatic heterocycles. The van der Waals surface area contributed by atoms with Crippen LogP contribution in [0.25, 0.3) is 10.8 Å². The molecular weight excluding hydrogens is 212 g/mol. The zero-order valence-electron chi connectivity index (χ0n) is 9.78. The van der Waals surface area contributed by atoms with Crippen molar-refractivity contribution in [2.75, 3.05) is 13.1 Å². The minimum Gasteiger partial charge on any atom is -0.411 e. The van der Waals surface area contributed by atoms with Gasteiger partial charge in [0.25, 0.3) is 0 Å². The van der Waals surface area contributed by atoms with Gasteiger partial charge in [0.15, 0.2) is 5.75 Å². The topological polar surface area (TPSA) is 39.7 Å². The van der Waals surface area contributed by atoms with Crippen molar-refractivity contribution >= 4 is 16.5 Å². The lowest BCUT2D eigenvalue weighted by molar-refractivity contribution is -0.817. The van der Waals surface area contributed by atoms with Crippen LogP contribution in [0.3, 0.4) is 0 Å². The maximum atomic E-state index is 5.31. The van der Waals surface area contributed by atoms with E-state index in [0.29, 0.717) is 0 Å². The van der Waals surface area contributed by atoms with Crippen molar-refractivity contribution in [1.29, 1.82) is 0 Å². The van der Waals surface area contributed by atoms with Gasteiger partial charge in [0.05, 0.1) is 13.1 Å². The number of nitrogens with two attached hydrogens (primary N) is 1. The first-order valence-electron chi connectivity index (χ1n) is 6.13. The third-order valence-corrected chi connectivity index (χ3v) is 3.60. The predicted octanol–water partition coefficient (Wildman–Crippen LogP) is 1.40. The molecule has 0 spiro atoms. The molecule has 2 aromatic carbocycles. The van der Waals surface area contributed by atoms with Gasteiger partial charge < -0.3 is 9.74 Å². The van der Waals surface area contributed by atoms with E-state index in [4.69, 9.17) is 10.7 Å². The lowest BCUT2D eigenvalue weighted by atomic mass is 10.1. The van der Waals surface area contributed by atoms with E-state index in [-0.39, 0.29) is 0 Å². The molecule has 1 heterocycles. The highest BCUT2D eigenvalue weighted by molar-refractivity contribution is 5.95. The van der Waals surface area contributed by atoms with Crippen molar-refractivity contribution in [3.63, 3.8) is 0 Å². The molecule has 0 aliphatic carbocycles. The Morgan fingerprint density at radius 1 is 0.941 bits per heavy atom. The van der Waals surface area contributed by atoms with Crippen molar-refractivity contribution in [3.05, 3.63) is 36.4 Å². The fourth-order valence-electron chi connectivity index (χ4n) is 2.75. The molecule has 1 fully saturated rings. The summed E-state index contributed by atoms with van der Waals surface area (Å²) < 4.78 is 0. The molecule has 1 saturated heterocycles. The number of fused-ring (bicyclic) bond motifs is 1. The molecular formula is C14H17N2O+. The maximum absolute atomic E-state index is 5.31. The van der Waals surface area contributed by atoms with Gasteiger partial charge in [-0.1, -0.05) is 18.2 Å². The van der Waals surface area contributed by atoms with E-state index >= 15 is 0 Å². The highest BCUT2D eigenvalue weighted by atomic mass is 16.6. The first-order chi connectivity index (χ1) is 8.40. The highest BCUT2D eigenvalue weighted by Gasteiger charge is 2.21. The maximum Gasteiger partial charge on any atom is 0.155 e. The molecule has 0 aromatic heterocycles. The van der Waals surface area contributed by atoms with E-state index in [1.54, 1.807) is 4.90 Å². The van der Waals surface area contributed by atoms with Crippen LogP contribution < -0.4 is 15.6 Å². The van der Waals surface area contributed by atoms with Crippen LogP contribution in [0.2, 0.25) is 0 Å². The van der Waals surface area contributed by atoms with Gasteiger partial charge in [0.2, 0.25) is 0 Å². The minimum absolute atomic E-state index is 0.753. The Labute approximate surface area is 101 Å². The first-order valence-corrected chi connectivity index (χ1v) is 6.13. The summed E-state index contributed by atoms with van der Waals surface area (Å²) >= 11 is 0. The molecule has 2 aromatic rings. The van der Waals surface area contributed by atoms with Crippen LogP contribution in [-0.4, -0.2) is 13.1 Å². The molecule has 0 atom stereocenters. The molecule has 0 amide bonds. The zero-order valence-corrected chi connectivity index (χ0v) is 9.78. The zero-order chi connectivity index (χ0) is 11.7. The van der Waals surface area contributed by atoms with Crippen LogP contribution in [0.4, 0.5) is 5.69 Å². The normalized spacial score (nSPS) is 16.5. The van der Waals surface area contributed by atoms with Crippen molar-refractivity contribution in [2.45, 2.75) is 12.8 Å². The van der Waals surface area contributed by atoms with Crippen LogP contribution in [0.5, 0.6) is 5.75 Å².